The SMILES string of the molecule is CCCC(CN)C(=O)N(CC)CC1CCOC1. The number of carbonyl (C=O) groups is 1. The normalized spacial score (nSPS) is 21.5. The Labute approximate surface area is 104 Å². The minimum Gasteiger partial charge on any atom is -0.381 e. The lowest BCUT2D eigenvalue weighted by Gasteiger charge is -2.27. The van der Waals surface area contributed by atoms with Gasteiger partial charge >= 0.3 is 0 Å². The Morgan fingerprint density at radius 2 is 2.29 bits per heavy atom. The van der Waals surface area contributed by atoms with Crippen molar-refractivity contribution in [2.45, 2.75) is 33.1 Å². The van der Waals surface area contributed by atoms with Crippen LogP contribution in [0.25, 0.3) is 0 Å². The maximum Gasteiger partial charge on any atom is 0.226 e. The highest BCUT2D eigenvalue weighted by atomic mass is 16.5. The van der Waals surface area contributed by atoms with Crippen molar-refractivity contribution in [3.63, 3.8) is 0 Å². The van der Waals surface area contributed by atoms with Gasteiger partial charge in [-0.3, -0.25) is 4.79 Å². The predicted octanol–water partition coefficient (Wildman–Crippen LogP) is 1.25. The number of ether oxygens (including phenoxy) is 1. The number of hydrogen-bond donors (Lipinski definition) is 1. The van der Waals surface area contributed by atoms with E-state index in [1.165, 1.54) is 0 Å². The Balaban J connectivity index is 2.48. The fourth-order valence-electron chi connectivity index (χ4n) is 2.36. The van der Waals surface area contributed by atoms with Gasteiger partial charge in [0.15, 0.2) is 0 Å². The molecule has 1 aliphatic heterocycles. The number of nitrogens with two attached hydrogens (primary N) is 1. The molecule has 1 fully saturated rings. The maximum atomic E-state index is 12.3. The Morgan fingerprint density at radius 1 is 1.53 bits per heavy atom. The van der Waals surface area contributed by atoms with Crippen LogP contribution in [0.3, 0.4) is 0 Å². The molecule has 0 aromatic rings. The molecule has 1 amide bonds. The zero-order chi connectivity index (χ0) is 12.7. The first-order valence-electron chi connectivity index (χ1n) is 6.79. The quantitative estimate of drug-likeness (QED) is 0.731. The molecule has 0 saturated carbocycles. The van der Waals surface area contributed by atoms with Crippen LogP contribution in [0.2, 0.25) is 0 Å². The second kappa shape index (κ2) is 7.67. The Morgan fingerprint density at radius 3 is 2.76 bits per heavy atom. The van der Waals surface area contributed by atoms with Gasteiger partial charge in [0, 0.05) is 32.2 Å². The molecule has 0 aliphatic carbocycles. The van der Waals surface area contributed by atoms with E-state index in [2.05, 4.69) is 6.92 Å². The summed E-state index contributed by atoms with van der Waals surface area (Å²) in [6, 6.07) is 0. The minimum absolute atomic E-state index is 0.00210. The fraction of sp³-hybridized carbons (Fsp3) is 0.923. The Bertz CT molecular complexity index is 227. The van der Waals surface area contributed by atoms with Gasteiger partial charge in [0.2, 0.25) is 5.91 Å². The van der Waals surface area contributed by atoms with E-state index in [-0.39, 0.29) is 11.8 Å². The summed E-state index contributed by atoms with van der Waals surface area (Å²) in [6.45, 7) is 7.83. The Hall–Kier alpha value is -0.610. The van der Waals surface area contributed by atoms with E-state index in [1.54, 1.807) is 0 Å². The van der Waals surface area contributed by atoms with Crippen LogP contribution in [0.15, 0.2) is 0 Å². The highest BCUT2D eigenvalue weighted by Crippen LogP contribution is 2.16. The minimum atomic E-state index is 0.00210. The van der Waals surface area contributed by atoms with E-state index in [0.29, 0.717) is 12.5 Å². The summed E-state index contributed by atoms with van der Waals surface area (Å²) in [7, 11) is 0. The van der Waals surface area contributed by atoms with Gasteiger partial charge < -0.3 is 15.4 Å². The topological polar surface area (TPSA) is 55.6 Å². The molecule has 0 aromatic heterocycles. The van der Waals surface area contributed by atoms with Crippen LogP contribution < -0.4 is 5.73 Å². The zero-order valence-electron chi connectivity index (χ0n) is 11.2. The third-order valence-corrected chi connectivity index (χ3v) is 3.47. The average molecular weight is 242 g/mol. The van der Waals surface area contributed by atoms with Crippen LogP contribution in [0, 0.1) is 11.8 Å². The monoisotopic (exact) mass is 242 g/mol. The van der Waals surface area contributed by atoms with E-state index in [0.717, 1.165) is 45.6 Å². The predicted molar refractivity (Wildman–Crippen MR) is 68.6 cm³/mol. The Kier molecular flexibility index (Phi) is 6.52. The summed E-state index contributed by atoms with van der Waals surface area (Å²) in [5.41, 5.74) is 5.69. The van der Waals surface area contributed by atoms with Gasteiger partial charge in [0.1, 0.15) is 0 Å². The smallest absolute Gasteiger partial charge is 0.226 e. The van der Waals surface area contributed by atoms with Crippen molar-refractivity contribution in [2.75, 3.05) is 32.8 Å². The van der Waals surface area contributed by atoms with Crippen molar-refractivity contribution < 1.29 is 9.53 Å². The van der Waals surface area contributed by atoms with Crippen molar-refractivity contribution in [1.29, 1.82) is 0 Å². The molecule has 2 unspecified atom stereocenters. The van der Waals surface area contributed by atoms with E-state index in [4.69, 9.17) is 10.5 Å². The summed E-state index contributed by atoms with van der Waals surface area (Å²) >= 11 is 0. The van der Waals surface area contributed by atoms with E-state index in [1.807, 2.05) is 11.8 Å². The van der Waals surface area contributed by atoms with Crippen LogP contribution in [0.1, 0.15) is 33.1 Å². The second-order valence-electron chi connectivity index (χ2n) is 4.83. The number of hydrogen-bond acceptors (Lipinski definition) is 3. The molecule has 4 heteroatoms. The summed E-state index contributed by atoms with van der Waals surface area (Å²) in [5, 5.41) is 0. The molecule has 4 nitrogen and oxygen atoms in total. The molecule has 1 saturated heterocycles. The van der Waals surface area contributed by atoms with E-state index < -0.39 is 0 Å². The van der Waals surface area contributed by atoms with Crippen LogP contribution in [-0.2, 0) is 9.53 Å². The molecule has 0 aromatic carbocycles. The van der Waals surface area contributed by atoms with Gasteiger partial charge in [-0.2, -0.15) is 0 Å². The molecular formula is C13H26N2O2. The molecule has 1 rings (SSSR count). The molecule has 17 heavy (non-hydrogen) atoms. The van der Waals surface area contributed by atoms with Gasteiger partial charge in [0.25, 0.3) is 0 Å². The number of rotatable bonds is 7. The van der Waals surface area contributed by atoms with Crippen LogP contribution in [0.5, 0.6) is 0 Å². The second-order valence-corrected chi connectivity index (χ2v) is 4.83. The highest BCUT2D eigenvalue weighted by Gasteiger charge is 2.25. The highest BCUT2D eigenvalue weighted by molar-refractivity contribution is 5.79. The van der Waals surface area contributed by atoms with Gasteiger partial charge in [-0.1, -0.05) is 13.3 Å². The fourth-order valence-corrected chi connectivity index (χ4v) is 2.36. The van der Waals surface area contributed by atoms with Crippen molar-refractivity contribution in [3.8, 4) is 0 Å². The maximum absolute atomic E-state index is 12.3. The molecule has 0 spiro atoms. The first kappa shape index (κ1) is 14.5. The summed E-state index contributed by atoms with van der Waals surface area (Å²) in [6.07, 6.45) is 2.98. The average Bonchev–Trinajstić information content (AvgIpc) is 2.85. The van der Waals surface area contributed by atoms with Crippen LogP contribution in [-0.4, -0.2) is 43.7 Å². The van der Waals surface area contributed by atoms with Crippen molar-refractivity contribution in [2.24, 2.45) is 17.6 Å². The number of carbonyl (C=O) groups excluding carboxylic acids is 1. The van der Waals surface area contributed by atoms with E-state index >= 15 is 0 Å². The molecule has 2 atom stereocenters. The van der Waals surface area contributed by atoms with Gasteiger partial charge in [0.05, 0.1) is 12.5 Å². The molecular weight excluding hydrogens is 216 g/mol. The third kappa shape index (κ3) is 4.28. The van der Waals surface area contributed by atoms with Gasteiger partial charge in [-0.25, -0.2) is 0 Å². The largest absolute Gasteiger partial charge is 0.381 e. The van der Waals surface area contributed by atoms with Crippen molar-refractivity contribution in [1.82, 2.24) is 4.90 Å². The third-order valence-electron chi connectivity index (χ3n) is 3.47. The standard InChI is InChI=1S/C13H26N2O2/c1-3-5-12(8-14)13(16)15(4-2)9-11-6-7-17-10-11/h11-12H,3-10,14H2,1-2H3. The summed E-state index contributed by atoms with van der Waals surface area (Å²) in [5.74, 6) is 0.741. The molecule has 0 bridgehead atoms. The van der Waals surface area contributed by atoms with Crippen molar-refractivity contribution >= 4 is 5.91 Å². The lowest BCUT2D eigenvalue weighted by atomic mass is 10.0. The first-order chi connectivity index (χ1) is 8.22. The van der Waals surface area contributed by atoms with Crippen LogP contribution in [0.4, 0.5) is 0 Å². The molecule has 0 radical (unpaired) electrons. The first-order valence-corrected chi connectivity index (χ1v) is 6.79. The summed E-state index contributed by atoms with van der Waals surface area (Å²) < 4.78 is 5.35. The number of nitrogens with zero attached hydrogens (tertiary/aromatic N) is 1. The van der Waals surface area contributed by atoms with Gasteiger partial charge in [-0.15, -0.1) is 0 Å². The molecule has 1 heterocycles. The van der Waals surface area contributed by atoms with Crippen LogP contribution >= 0.6 is 0 Å². The summed E-state index contributed by atoms with van der Waals surface area (Å²) in [4.78, 5) is 14.2. The molecule has 1 aliphatic rings. The lowest BCUT2D eigenvalue weighted by Crippen LogP contribution is -2.41. The number of amides is 1. The van der Waals surface area contributed by atoms with Crippen molar-refractivity contribution in [3.05, 3.63) is 0 Å². The van der Waals surface area contributed by atoms with E-state index in [9.17, 15) is 4.79 Å². The van der Waals surface area contributed by atoms with Gasteiger partial charge in [-0.05, 0) is 19.8 Å². The molecule has 2 N–H and O–H groups in total. The molecule has 100 valence electrons. The lowest BCUT2D eigenvalue weighted by molar-refractivity contribution is -0.135. The zero-order valence-corrected chi connectivity index (χ0v) is 11.2.